The SMILES string of the molecule is CC(C)[C@H](NC(=O)[C@H](C)NC(=O)OCc1ccccc1)C(=O)NCC(=O)O. The molecule has 0 radical (unpaired) electrons. The first-order chi connectivity index (χ1) is 12.7. The van der Waals surface area contributed by atoms with Gasteiger partial charge in [-0.2, -0.15) is 0 Å². The molecule has 0 saturated heterocycles. The fourth-order valence-corrected chi connectivity index (χ4v) is 2.09. The number of aliphatic carboxylic acids is 1. The molecular weight excluding hydrogens is 354 g/mol. The third-order valence-corrected chi connectivity index (χ3v) is 3.60. The van der Waals surface area contributed by atoms with Crippen LogP contribution in [0.3, 0.4) is 0 Å². The van der Waals surface area contributed by atoms with Crippen molar-refractivity contribution in [2.75, 3.05) is 6.54 Å². The maximum Gasteiger partial charge on any atom is 0.408 e. The van der Waals surface area contributed by atoms with Gasteiger partial charge in [0.2, 0.25) is 11.8 Å². The van der Waals surface area contributed by atoms with Crippen LogP contribution in [0.1, 0.15) is 26.3 Å². The minimum Gasteiger partial charge on any atom is -0.480 e. The molecule has 0 aliphatic carbocycles. The molecule has 2 atom stereocenters. The van der Waals surface area contributed by atoms with E-state index in [1.807, 2.05) is 18.2 Å². The van der Waals surface area contributed by atoms with Crippen LogP contribution in [0.25, 0.3) is 0 Å². The van der Waals surface area contributed by atoms with E-state index in [1.54, 1.807) is 26.0 Å². The summed E-state index contributed by atoms with van der Waals surface area (Å²) < 4.78 is 5.04. The molecule has 0 aliphatic heterocycles. The molecule has 9 heteroatoms. The Kier molecular flexibility index (Phi) is 8.77. The second-order valence-corrected chi connectivity index (χ2v) is 6.27. The van der Waals surface area contributed by atoms with Crippen molar-refractivity contribution in [3.05, 3.63) is 35.9 Å². The highest BCUT2D eigenvalue weighted by molar-refractivity contribution is 5.92. The normalized spacial score (nSPS) is 12.6. The Morgan fingerprint density at radius 3 is 2.19 bits per heavy atom. The Morgan fingerprint density at radius 2 is 1.63 bits per heavy atom. The molecule has 9 nitrogen and oxygen atoms in total. The summed E-state index contributed by atoms with van der Waals surface area (Å²) in [5, 5.41) is 15.7. The van der Waals surface area contributed by atoms with Crippen LogP contribution in [-0.2, 0) is 25.7 Å². The largest absolute Gasteiger partial charge is 0.480 e. The number of alkyl carbamates (subject to hydrolysis) is 1. The zero-order chi connectivity index (χ0) is 20.4. The van der Waals surface area contributed by atoms with Gasteiger partial charge in [-0.3, -0.25) is 14.4 Å². The molecule has 1 aromatic carbocycles. The molecular formula is C18H25N3O6. The summed E-state index contributed by atoms with van der Waals surface area (Å²) in [7, 11) is 0. The smallest absolute Gasteiger partial charge is 0.408 e. The average molecular weight is 379 g/mol. The Morgan fingerprint density at radius 1 is 1.00 bits per heavy atom. The number of benzene rings is 1. The number of amides is 3. The molecule has 0 saturated carbocycles. The quantitative estimate of drug-likeness (QED) is 0.498. The molecule has 0 spiro atoms. The molecule has 0 heterocycles. The number of hydrogen-bond donors (Lipinski definition) is 4. The van der Waals surface area contributed by atoms with Gasteiger partial charge in [0.25, 0.3) is 0 Å². The first-order valence-corrected chi connectivity index (χ1v) is 8.47. The lowest BCUT2D eigenvalue weighted by atomic mass is 10.0. The van der Waals surface area contributed by atoms with Crippen molar-refractivity contribution in [1.82, 2.24) is 16.0 Å². The third kappa shape index (κ3) is 8.21. The first-order valence-electron chi connectivity index (χ1n) is 8.47. The maximum absolute atomic E-state index is 12.2. The molecule has 0 bridgehead atoms. The van der Waals surface area contributed by atoms with E-state index in [4.69, 9.17) is 9.84 Å². The fraction of sp³-hybridized carbons (Fsp3) is 0.444. The summed E-state index contributed by atoms with van der Waals surface area (Å²) in [4.78, 5) is 46.6. The molecule has 4 N–H and O–H groups in total. The van der Waals surface area contributed by atoms with Crippen molar-refractivity contribution in [2.24, 2.45) is 5.92 Å². The number of carbonyl (C=O) groups is 4. The van der Waals surface area contributed by atoms with Crippen molar-refractivity contribution in [3.63, 3.8) is 0 Å². The van der Waals surface area contributed by atoms with Crippen LogP contribution in [0.15, 0.2) is 30.3 Å². The molecule has 0 aliphatic rings. The van der Waals surface area contributed by atoms with Crippen LogP contribution in [0, 0.1) is 5.92 Å². The Labute approximate surface area is 157 Å². The number of ether oxygens (including phenoxy) is 1. The Hall–Kier alpha value is -3.10. The summed E-state index contributed by atoms with van der Waals surface area (Å²) in [6, 6.07) is 7.19. The number of carboxylic acids is 1. The molecule has 0 unspecified atom stereocenters. The van der Waals surface area contributed by atoms with Crippen molar-refractivity contribution in [1.29, 1.82) is 0 Å². The van der Waals surface area contributed by atoms with Gasteiger partial charge in [-0.05, 0) is 18.4 Å². The van der Waals surface area contributed by atoms with Gasteiger partial charge in [0.1, 0.15) is 25.2 Å². The molecule has 27 heavy (non-hydrogen) atoms. The van der Waals surface area contributed by atoms with Gasteiger partial charge in [0, 0.05) is 0 Å². The van der Waals surface area contributed by atoms with E-state index in [0.29, 0.717) is 0 Å². The molecule has 3 amide bonds. The highest BCUT2D eigenvalue weighted by atomic mass is 16.5. The summed E-state index contributed by atoms with van der Waals surface area (Å²) in [6.45, 7) is 4.38. The van der Waals surface area contributed by atoms with Crippen LogP contribution in [0.4, 0.5) is 4.79 Å². The van der Waals surface area contributed by atoms with E-state index in [1.165, 1.54) is 6.92 Å². The molecule has 0 aromatic heterocycles. The number of hydrogen-bond acceptors (Lipinski definition) is 5. The topological polar surface area (TPSA) is 134 Å². The zero-order valence-corrected chi connectivity index (χ0v) is 15.5. The van der Waals surface area contributed by atoms with Crippen LogP contribution >= 0.6 is 0 Å². The average Bonchev–Trinajstić information content (AvgIpc) is 2.62. The molecule has 1 aromatic rings. The number of nitrogens with one attached hydrogen (secondary N) is 3. The van der Waals surface area contributed by atoms with Gasteiger partial charge < -0.3 is 25.8 Å². The molecule has 1 rings (SSSR count). The van der Waals surface area contributed by atoms with Gasteiger partial charge in [-0.25, -0.2) is 4.79 Å². The molecule has 0 fully saturated rings. The second-order valence-electron chi connectivity index (χ2n) is 6.27. The Balaban J connectivity index is 2.51. The van der Waals surface area contributed by atoms with E-state index in [-0.39, 0.29) is 12.5 Å². The van der Waals surface area contributed by atoms with Crippen molar-refractivity contribution in [2.45, 2.75) is 39.5 Å². The van der Waals surface area contributed by atoms with Crippen molar-refractivity contribution < 1.29 is 29.0 Å². The van der Waals surface area contributed by atoms with Gasteiger partial charge >= 0.3 is 12.1 Å². The standard InChI is InChI=1S/C18H25N3O6/c1-11(2)15(17(25)19-9-14(22)23)21-16(24)12(3)20-18(26)27-10-13-7-5-4-6-8-13/h4-8,11-12,15H,9-10H2,1-3H3,(H,19,25)(H,20,26)(H,21,24)(H,22,23)/t12-,15-/m0/s1. The monoisotopic (exact) mass is 379 g/mol. The van der Waals surface area contributed by atoms with E-state index < -0.39 is 42.5 Å². The van der Waals surface area contributed by atoms with Gasteiger partial charge in [0.05, 0.1) is 0 Å². The second kappa shape index (κ2) is 10.8. The van der Waals surface area contributed by atoms with Crippen molar-refractivity contribution in [3.8, 4) is 0 Å². The van der Waals surface area contributed by atoms with E-state index in [2.05, 4.69) is 16.0 Å². The van der Waals surface area contributed by atoms with Crippen molar-refractivity contribution >= 4 is 23.9 Å². The van der Waals surface area contributed by atoms with Crippen LogP contribution in [-0.4, -0.2) is 47.6 Å². The van der Waals surface area contributed by atoms with Crippen LogP contribution < -0.4 is 16.0 Å². The van der Waals surface area contributed by atoms with Crippen LogP contribution in [0.5, 0.6) is 0 Å². The predicted molar refractivity (Wildman–Crippen MR) is 96.6 cm³/mol. The van der Waals surface area contributed by atoms with Crippen LogP contribution in [0.2, 0.25) is 0 Å². The third-order valence-electron chi connectivity index (χ3n) is 3.60. The summed E-state index contributed by atoms with van der Waals surface area (Å²) in [5.74, 6) is -2.66. The van der Waals surface area contributed by atoms with E-state index in [9.17, 15) is 19.2 Å². The first kappa shape index (κ1) is 21.9. The van der Waals surface area contributed by atoms with Gasteiger partial charge in [0.15, 0.2) is 0 Å². The van der Waals surface area contributed by atoms with Gasteiger partial charge in [-0.1, -0.05) is 44.2 Å². The number of carbonyl (C=O) groups excluding carboxylic acids is 3. The Bertz CT molecular complexity index is 662. The highest BCUT2D eigenvalue weighted by Crippen LogP contribution is 2.03. The maximum atomic E-state index is 12.2. The highest BCUT2D eigenvalue weighted by Gasteiger charge is 2.27. The minimum atomic E-state index is -1.19. The summed E-state index contributed by atoms with van der Waals surface area (Å²) >= 11 is 0. The predicted octanol–water partition coefficient (Wildman–Crippen LogP) is 0.643. The van der Waals surface area contributed by atoms with Gasteiger partial charge in [-0.15, -0.1) is 0 Å². The summed E-state index contributed by atoms with van der Waals surface area (Å²) in [6.07, 6.45) is -0.766. The molecule has 148 valence electrons. The number of rotatable bonds is 9. The lowest BCUT2D eigenvalue weighted by Gasteiger charge is -2.23. The van der Waals surface area contributed by atoms with E-state index >= 15 is 0 Å². The lowest BCUT2D eigenvalue weighted by molar-refractivity contribution is -0.138. The summed E-state index contributed by atoms with van der Waals surface area (Å²) in [5.41, 5.74) is 0.805. The van der Waals surface area contributed by atoms with E-state index in [0.717, 1.165) is 5.56 Å². The lowest BCUT2D eigenvalue weighted by Crippen LogP contribution is -2.55. The minimum absolute atomic E-state index is 0.0627. The zero-order valence-electron chi connectivity index (χ0n) is 15.5. The fourth-order valence-electron chi connectivity index (χ4n) is 2.09. The number of carboxylic acid groups (broad SMARTS) is 1.